The minimum absolute atomic E-state index is 0.00640. The van der Waals surface area contributed by atoms with Crippen molar-refractivity contribution in [3.8, 4) is 5.75 Å². The van der Waals surface area contributed by atoms with Crippen LogP contribution in [0.1, 0.15) is 55.5 Å². The largest absolute Gasteiger partial charge is 0.489 e. The van der Waals surface area contributed by atoms with Gasteiger partial charge in [0.1, 0.15) is 30.4 Å². The maximum absolute atomic E-state index is 14.2. The molecule has 0 fully saturated rings. The van der Waals surface area contributed by atoms with Crippen molar-refractivity contribution in [1.82, 2.24) is 5.32 Å². The molecule has 228 valence electrons. The number of anilines is 1. The van der Waals surface area contributed by atoms with Gasteiger partial charge in [0.2, 0.25) is 5.91 Å². The van der Waals surface area contributed by atoms with Crippen molar-refractivity contribution in [3.63, 3.8) is 0 Å². The van der Waals surface area contributed by atoms with Crippen LogP contribution in [0.3, 0.4) is 0 Å². The molecule has 1 aliphatic rings. The predicted octanol–water partition coefficient (Wildman–Crippen LogP) is 7.63. The third kappa shape index (κ3) is 7.65. The molecular formula is C36H36ClFN2O4. The van der Waals surface area contributed by atoms with Crippen LogP contribution in [0.2, 0.25) is 5.02 Å². The van der Waals surface area contributed by atoms with Crippen molar-refractivity contribution >= 4 is 29.1 Å². The Morgan fingerprint density at radius 3 is 2.41 bits per heavy atom. The second kappa shape index (κ2) is 13.6. The van der Waals surface area contributed by atoms with Gasteiger partial charge in [-0.05, 0) is 41.3 Å². The maximum Gasteiger partial charge on any atom is 0.256 e. The Kier molecular flexibility index (Phi) is 9.67. The molecule has 0 radical (unpaired) electrons. The molecule has 8 heteroatoms. The van der Waals surface area contributed by atoms with Gasteiger partial charge in [-0.15, -0.1) is 0 Å². The summed E-state index contributed by atoms with van der Waals surface area (Å²) in [6, 6.07) is 29.0. The number of benzene rings is 4. The fourth-order valence-electron chi connectivity index (χ4n) is 5.22. The highest BCUT2D eigenvalue weighted by atomic mass is 35.5. The number of para-hydroxylation sites is 1. The molecule has 5 rings (SSSR count). The van der Waals surface area contributed by atoms with E-state index in [1.165, 1.54) is 6.07 Å². The average Bonchev–Trinajstić information content (AvgIpc) is 3.10. The maximum atomic E-state index is 14.2. The van der Waals surface area contributed by atoms with Gasteiger partial charge in [-0.1, -0.05) is 99.1 Å². The van der Waals surface area contributed by atoms with Gasteiger partial charge in [0.25, 0.3) is 5.91 Å². The van der Waals surface area contributed by atoms with E-state index >= 15 is 0 Å². The van der Waals surface area contributed by atoms with E-state index in [9.17, 15) is 14.0 Å². The first-order valence-corrected chi connectivity index (χ1v) is 15.0. The van der Waals surface area contributed by atoms with Crippen LogP contribution in [-0.2, 0) is 27.5 Å². The molecule has 0 aliphatic carbocycles. The first-order chi connectivity index (χ1) is 21.1. The van der Waals surface area contributed by atoms with Crippen molar-refractivity contribution in [3.05, 3.63) is 130 Å². The lowest BCUT2D eigenvalue weighted by atomic mass is 9.94. The van der Waals surface area contributed by atoms with Gasteiger partial charge in [-0.3, -0.25) is 9.59 Å². The van der Waals surface area contributed by atoms with Crippen LogP contribution in [0.15, 0.2) is 97.1 Å². The Hall–Kier alpha value is -4.20. The topological polar surface area (TPSA) is 67.9 Å². The van der Waals surface area contributed by atoms with E-state index in [4.69, 9.17) is 21.1 Å². The van der Waals surface area contributed by atoms with E-state index in [2.05, 4.69) is 5.32 Å². The Bertz CT molecular complexity index is 1620. The van der Waals surface area contributed by atoms with Crippen molar-refractivity contribution < 1.29 is 23.5 Å². The van der Waals surface area contributed by atoms with Gasteiger partial charge in [-0.25, -0.2) is 4.39 Å². The zero-order chi connectivity index (χ0) is 31.3. The zero-order valence-electron chi connectivity index (χ0n) is 25.1. The summed E-state index contributed by atoms with van der Waals surface area (Å²) in [5, 5.41) is 3.24. The third-order valence-corrected chi connectivity index (χ3v) is 7.52. The molecular weight excluding hydrogens is 579 g/mol. The van der Waals surface area contributed by atoms with Gasteiger partial charge < -0.3 is 19.7 Å². The monoisotopic (exact) mass is 614 g/mol. The van der Waals surface area contributed by atoms with E-state index in [-0.39, 0.29) is 24.3 Å². The molecule has 2 atom stereocenters. The number of nitrogens with zero attached hydrogens (tertiary/aromatic N) is 1. The summed E-state index contributed by atoms with van der Waals surface area (Å²) in [7, 11) is 0. The summed E-state index contributed by atoms with van der Waals surface area (Å²) in [6.07, 6.45) is -2.15. The number of carbonyl (C=O) groups is 2. The Morgan fingerprint density at radius 2 is 1.66 bits per heavy atom. The van der Waals surface area contributed by atoms with Gasteiger partial charge in [0.05, 0.1) is 6.42 Å². The number of hydrogen-bond acceptors (Lipinski definition) is 4. The third-order valence-electron chi connectivity index (χ3n) is 7.28. The highest BCUT2D eigenvalue weighted by molar-refractivity contribution is 6.30. The van der Waals surface area contributed by atoms with Gasteiger partial charge >= 0.3 is 0 Å². The lowest BCUT2D eigenvalue weighted by Gasteiger charge is -2.31. The minimum atomic E-state index is -1.13. The number of halogens is 2. The molecule has 4 aromatic carbocycles. The highest BCUT2D eigenvalue weighted by Gasteiger charge is 2.39. The van der Waals surface area contributed by atoms with Crippen LogP contribution in [0.25, 0.3) is 0 Å². The first-order valence-electron chi connectivity index (χ1n) is 14.6. The van der Waals surface area contributed by atoms with Crippen LogP contribution in [-0.4, -0.2) is 24.5 Å². The zero-order valence-corrected chi connectivity index (χ0v) is 25.8. The van der Waals surface area contributed by atoms with E-state index in [1.54, 1.807) is 35.2 Å². The quantitative estimate of drug-likeness (QED) is 0.210. The van der Waals surface area contributed by atoms with Crippen molar-refractivity contribution in [1.29, 1.82) is 0 Å². The molecule has 0 spiro atoms. The molecule has 0 saturated carbocycles. The summed E-state index contributed by atoms with van der Waals surface area (Å²) < 4.78 is 27.1. The molecule has 1 N–H and O–H groups in total. The second-order valence-corrected chi connectivity index (χ2v) is 12.5. The molecule has 1 aliphatic heterocycles. The summed E-state index contributed by atoms with van der Waals surface area (Å²) in [6.45, 7) is 6.85. The SMILES string of the molecule is CC(C)(C)CN1C(=O)C(CC(=O)NCc2ccccc2F)OC(c2ccccc2OCc2ccccc2)c2cc(Cl)ccc21. The Balaban J connectivity index is 1.51. The lowest BCUT2D eigenvalue weighted by molar-refractivity contribution is -0.138. The number of rotatable bonds is 9. The Labute approximate surface area is 262 Å². The molecule has 1 heterocycles. The van der Waals surface area contributed by atoms with Gasteiger partial charge in [-0.2, -0.15) is 0 Å². The van der Waals surface area contributed by atoms with Crippen LogP contribution in [0.5, 0.6) is 5.75 Å². The standard InChI is InChI=1S/C36H36ClFN2O4/c1-36(2,3)23-40-30-18-17-26(37)19-28(30)34(27-14-8-10-16-31(27)43-22-24-11-5-4-6-12-24)44-32(35(40)42)20-33(41)39-21-25-13-7-9-15-29(25)38/h4-19,32,34H,20-23H2,1-3H3,(H,39,41). The normalized spacial score (nSPS) is 16.7. The number of ether oxygens (including phenoxy) is 2. The number of fused-ring (bicyclic) bond motifs is 1. The van der Waals surface area contributed by atoms with E-state index in [1.807, 2.05) is 81.4 Å². The number of hydrogen-bond donors (Lipinski definition) is 1. The van der Waals surface area contributed by atoms with Crippen molar-refractivity contribution in [2.75, 3.05) is 11.4 Å². The van der Waals surface area contributed by atoms with E-state index < -0.39 is 23.9 Å². The molecule has 2 amide bonds. The highest BCUT2D eigenvalue weighted by Crippen LogP contribution is 2.43. The van der Waals surface area contributed by atoms with Gasteiger partial charge in [0.15, 0.2) is 0 Å². The second-order valence-electron chi connectivity index (χ2n) is 12.1. The summed E-state index contributed by atoms with van der Waals surface area (Å²) >= 11 is 6.53. The average molecular weight is 615 g/mol. The van der Waals surface area contributed by atoms with Crippen LogP contribution >= 0.6 is 11.6 Å². The molecule has 0 aromatic heterocycles. The lowest BCUT2D eigenvalue weighted by Crippen LogP contribution is -2.45. The summed E-state index contributed by atoms with van der Waals surface area (Å²) in [5.41, 5.74) is 3.15. The molecule has 44 heavy (non-hydrogen) atoms. The molecule has 0 bridgehead atoms. The number of nitrogens with one attached hydrogen (secondary N) is 1. The number of carbonyl (C=O) groups excluding carboxylic acids is 2. The van der Waals surface area contributed by atoms with Gasteiger partial charge in [0, 0.05) is 40.5 Å². The summed E-state index contributed by atoms with van der Waals surface area (Å²) in [5.74, 6) is -0.592. The fourth-order valence-corrected chi connectivity index (χ4v) is 5.40. The molecule has 2 unspecified atom stereocenters. The van der Waals surface area contributed by atoms with Crippen LogP contribution in [0.4, 0.5) is 10.1 Å². The van der Waals surface area contributed by atoms with Crippen LogP contribution in [0, 0.1) is 11.2 Å². The first kappa shape index (κ1) is 31.2. The molecule has 6 nitrogen and oxygen atoms in total. The van der Waals surface area contributed by atoms with E-state index in [0.717, 1.165) is 5.56 Å². The molecule has 4 aromatic rings. The predicted molar refractivity (Wildman–Crippen MR) is 170 cm³/mol. The Morgan fingerprint density at radius 1 is 0.955 bits per heavy atom. The van der Waals surface area contributed by atoms with Crippen molar-refractivity contribution in [2.45, 2.75) is 52.6 Å². The van der Waals surface area contributed by atoms with E-state index in [0.29, 0.717) is 46.3 Å². The number of amides is 2. The van der Waals surface area contributed by atoms with Crippen molar-refractivity contribution in [2.24, 2.45) is 5.41 Å². The molecule has 0 saturated heterocycles. The minimum Gasteiger partial charge on any atom is -0.489 e. The fraction of sp³-hybridized carbons (Fsp3) is 0.278. The summed E-state index contributed by atoms with van der Waals surface area (Å²) in [4.78, 5) is 29.1. The smallest absolute Gasteiger partial charge is 0.256 e. The van der Waals surface area contributed by atoms with Crippen LogP contribution < -0.4 is 15.0 Å².